The lowest BCUT2D eigenvalue weighted by Crippen LogP contribution is -2.34. The van der Waals surface area contributed by atoms with Crippen molar-refractivity contribution in [2.75, 3.05) is 6.54 Å². The molecule has 2 N–H and O–H groups in total. The van der Waals surface area contributed by atoms with Gasteiger partial charge in [-0.2, -0.15) is 0 Å². The van der Waals surface area contributed by atoms with Crippen LogP contribution in [0.5, 0.6) is 0 Å². The lowest BCUT2D eigenvalue weighted by Gasteiger charge is -2.19. The molecule has 0 aromatic carbocycles. The number of amides is 1. The first-order chi connectivity index (χ1) is 9.45. The first kappa shape index (κ1) is 16.6. The third-order valence-corrected chi connectivity index (χ3v) is 4.06. The molecule has 0 saturated heterocycles. The van der Waals surface area contributed by atoms with E-state index in [1.165, 1.54) is 16.7 Å². The molecule has 1 aromatic rings. The van der Waals surface area contributed by atoms with Gasteiger partial charge in [0.2, 0.25) is 5.91 Å². The molecule has 0 radical (unpaired) electrons. The van der Waals surface area contributed by atoms with Gasteiger partial charge < -0.3 is 10.4 Å². The van der Waals surface area contributed by atoms with Gasteiger partial charge in [0.1, 0.15) is 0 Å². The SMILES string of the molecule is CCCC(C(=O)NCCc1nc(C(=O)O)cs1)C(C)C. The molecule has 1 amide bonds. The number of aromatic nitrogens is 1. The van der Waals surface area contributed by atoms with Gasteiger partial charge in [0.25, 0.3) is 0 Å². The average molecular weight is 298 g/mol. The van der Waals surface area contributed by atoms with Gasteiger partial charge in [-0.3, -0.25) is 4.79 Å². The second-order valence-corrected chi connectivity index (χ2v) is 6.05. The summed E-state index contributed by atoms with van der Waals surface area (Å²) < 4.78 is 0. The third-order valence-electron chi connectivity index (χ3n) is 3.15. The van der Waals surface area contributed by atoms with Crippen molar-refractivity contribution in [2.24, 2.45) is 11.8 Å². The molecule has 1 heterocycles. The zero-order valence-electron chi connectivity index (χ0n) is 12.2. The lowest BCUT2D eigenvalue weighted by atomic mass is 9.90. The second-order valence-electron chi connectivity index (χ2n) is 5.11. The molecular weight excluding hydrogens is 276 g/mol. The number of nitrogens with one attached hydrogen (secondary N) is 1. The highest BCUT2D eigenvalue weighted by Crippen LogP contribution is 2.17. The Kier molecular flexibility index (Phi) is 6.64. The molecule has 1 rings (SSSR count). The largest absolute Gasteiger partial charge is 0.476 e. The van der Waals surface area contributed by atoms with Crippen molar-refractivity contribution in [1.29, 1.82) is 0 Å². The standard InChI is InChI=1S/C14H22N2O3S/c1-4-5-10(9(2)3)13(17)15-7-6-12-16-11(8-20-12)14(18)19/h8-10H,4-7H2,1-3H3,(H,15,17)(H,18,19). The summed E-state index contributed by atoms with van der Waals surface area (Å²) in [5, 5.41) is 14.0. The number of nitrogens with zero attached hydrogens (tertiary/aromatic N) is 1. The van der Waals surface area contributed by atoms with Crippen LogP contribution < -0.4 is 5.32 Å². The zero-order valence-corrected chi connectivity index (χ0v) is 13.0. The number of hydrogen-bond donors (Lipinski definition) is 2. The lowest BCUT2D eigenvalue weighted by molar-refractivity contribution is -0.126. The van der Waals surface area contributed by atoms with Crippen LogP contribution in [-0.4, -0.2) is 28.5 Å². The molecule has 0 bridgehead atoms. The van der Waals surface area contributed by atoms with Gasteiger partial charge in [-0.1, -0.05) is 27.2 Å². The van der Waals surface area contributed by atoms with E-state index < -0.39 is 5.97 Å². The minimum atomic E-state index is -1.01. The quantitative estimate of drug-likeness (QED) is 0.773. The Hall–Kier alpha value is -1.43. The van der Waals surface area contributed by atoms with Crippen LogP contribution >= 0.6 is 11.3 Å². The molecule has 0 saturated carbocycles. The van der Waals surface area contributed by atoms with Crippen molar-refractivity contribution in [3.05, 3.63) is 16.1 Å². The van der Waals surface area contributed by atoms with Gasteiger partial charge in [-0.15, -0.1) is 11.3 Å². The van der Waals surface area contributed by atoms with E-state index in [-0.39, 0.29) is 17.5 Å². The summed E-state index contributed by atoms with van der Waals surface area (Å²) in [6.07, 6.45) is 2.45. The van der Waals surface area contributed by atoms with E-state index in [0.29, 0.717) is 18.9 Å². The smallest absolute Gasteiger partial charge is 0.355 e. The first-order valence-corrected chi connectivity index (χ1v) is 7.79. The van der Waals surface area contributed by atoms with Crippen LogP contribution in [0, 0.1) is 11.8 Å². The summed E-state index contributed by atoms with van der Waals surface area (Å²) in [6, 6.07) is 0. The van der Waals surface area contributed by atoms with Crippen molar-refractivity contribution in [3.63, 3.8) is 0 Å². The monoisotopic (exact) mass is 298 g/mol. The van der Waals surface area contributed by atoms with Crippen molar-refractivity contribution in [2.45, 2.75) is 40.0 Å². The third kappa shape index (κ3) is 4.92. The van der Waals surface area contributed by atoms with Crippen LogP contribution in [-0.2, 0) is 11.2 Å². The normalized spacial score (nSPS) is 12.4. The van der Waals surface area contributed by atoms with Crippen LogP contribution in [0.4, 0.5) is 0 Å². The van der Waals surface area contributed by atoms with Crippen molar-refractivity contribution in [1.82, 2.24) is 10.3 Å². The summed E-state index contributed by atoms with van der Waals surface area (Å²) in [7, 11) is 0. The number of carboxylic acids is 1. The van der Waals surface area contributed by atoms with Crippen LogP contribution in [0.15, 0.2) is 5.38 Å². The minimum absolute atomic E-state index is 0.0471. The van der Waals surface area contributed by atoms with Gasteiger partial charge in [0.15, 0.2) is 5.69 Å². The summed E-state index contributed by atoms with van der Waals surface area (Å²) >= 11 is 1.31. The summed E-state index contributed by atoms with van der Waals surface area (Å²) in [4.78, 5) is 26.8. The molecule has 1 unspecified atom stereocenters. The second kappa shape index (κ2) is 7.99. The van der Waals surface area contributed by atoms with Crippen molar-refractivity contribution >= 4 is 23.2 Å². The van der Waals surface area contributed by atoms with Gasteiger partial charge >= 0.3 is 5.97 Å². The predicted octanol–water partition coefficient (Wildman–Crippen LogP) is 2.57. The van der Waals surface area contributed by atoms with Gasteiger partial charge in [0.05, 0.1) is 5.01 Å². The summed E-state index contributed by atoms with van der Waals surface area (Å²) in [5.41, 5.74) is 0.0716. The van der Waals surface area contributed by atoms with Crippen molar-refractivity contribution < 1.29 is 14.7 Å². The van der Waals surface area contributed by atoms with Crippen molar-refractivity contribution in [3.8, 4) is 0 Å². The molecule has 0 fully saturated rings. The topological polar surface area (TPSA) is 79.3 Å². The maximum Gasteiger partial charge on any atom is 0.355 e. The Labute approximate surface area is 123 Å². The highest BCUT2D eigenvalue weighted by Gasteiger charge is 2.20. The molecule has 0 aliphatic carbocycles. The summed E-state index contributed by atoms with van der Waals surface area (Å²) in [6.45, 7) is 6.68. The van der Waals surface area contributed by atoms with Crippen LogP contribution in [0.2, 0.25) is 0 Å². The Balaban J connectivity index is 2.42. The van der Waals surface area contributed by atoms with Gasteiger partial charge in [-0.05, 0) is 12.3 Å². The Bertz CT molecular complexity index is 457. The minimum Gasteiger partial charge on any atom is -0.476 e. The van der Waals surface area contributed by atoms with E-state index in [2.05, 4.69) is 31.1 Å². The molecule has 20 heavy (non-hydrogen) atoms. The Morgan fingerprint density at radius 1 is 1.45 bits per heavy atom. The molecule has 1 aromatic heterocycles. The molecule has 5 nitrogen and oxygen atoms in total. The Morgan fingerprint density at radius 3 is 2.65 bits per heavy atom. The average Bonchev–Trinajstić information content (AvgIpc) is 2.84. The van der Waals surface area contributed by atoms with Gasteiger partial charge in [0, 0.05) is 24.3 Å². The molecule has 0 aliphatic heterocycles. The van der Waals surface area contributed by atoms with Gasteiger partial charge in [-0.25, -0.2) is 9.78 Å². The summed E-state index contributed by atoms with van der Waals surface area (Å²) in [5.74, 6) is -0.560. The number of aromatic carboxylic acids is 1. The van der Waals surface area contributed by atoms with E-state index in [4.69, 9.17) is 5.11 Å². The molecular formula is C14H22N2O3S. The predicted molar refractivity (Wildman–Crippen MR) is 79.0 cm³/mol. The number of carboxylic acid groups (broad SMARTS) is 1. The fraction of sp³-hybridized carbons (Fsp3) is 0.643. The van der Waals surface area contributed by atoms with E-state index in [9.17, 15) is 9.59 Å². The number of carbonyl (C=O) groups is 2. The first-order valence-electron chi connectivity index (χ1n) is 6.91. The molecule has 1 atom stereocenters. The molecule has 0 spiro atoms. The Morgan fingerprint density at radius 2 is 2.15 bits per heavy atom. The van der Waals surface area contributed by atoms with E-state index in [1.54, 1.807) is 0 Å². The van der Waals surface area contributed by atoms with Crippen LogP contribution in [0.3, 0.4) is 0 Å². The fourth-order valence-electron chi connectivity index (χ4n) is 2.03. The van der Waals surface area contributed by atoms with E-state index >= 15 is 0 Å². The molecule has 0 aliphatic rings. The van der Waals surface area contributed by atoms with E-state index in [1.807, 2.05) is 0 Å². The van der Waals surface area contributed by atoms with Crippen LogP contribution in [0.25, 0.3) is 0 Å². The number of rotatable bonds is 8. The number of carbonyl (C=O) groups excluding carboxylic acids is 1. The van der Waals surface area contributed by atoms with E-state index in [0.717, 1.165) is 17.8 Å². The number of hydrogen-bond acceptors (Lipinski definition) is 4. The highest BCUT2D eigenvalue weighted by molar-refractivity contribution is 7.09. The fourth-order valence-corrected chi connectivity index (χ4v) is 2.80. The number of thiazole rings is 1. The molecule has 6 heteroatoms. The van der Waals surface area contributed by atoms with Crippen LogP contribution in [0.1, 0.15) is 49.1 Å². The molecule has 112 valence electrons. The highest BCUT2D eigenvalue weighted by atomic mass is 32.1. The zero-order chi connectivity index (χ0) is 15.1. The maximum absolute atomic E-state index is 12.1. The maximum atomic E-state index is 12.1.